The first-order chi connectivity index (χ1) is 7.83. The Morgan fingerprint density at radius 2 is 1.44 bits per heavy atom. The molecule has 1 heteroatoms. The fourth-order valence-electron chi connectivity index (χ4n) is 1.98. The molecule has 0 spiro atoms. The molecule has 0 fully saturated rings. The Morgan fingerprint density at radius 1 is 0.875 bits per heavy atom. The molecule has 0 aliphatic carbocycles. The van der Waals surface area contributed by atoms with Gasteiger partial charge in [-0.25, -0.2) is 4.57 Å². The number of pyridine rings is 1. The van der Waals surface area contributed by atoms with Crippen molar-refractivity contribution in [3.8, 4) is 0 Å². The van der Waals surface area contributed by atoms with E-state index in [1.807, 2.05) is 0 Å². The van der Waals surface area contributed by atoms with Crippen LogP contribution in [0.4, 0.5) is 0 Å². The second kappa shape index (κ2) is 8.32. The normalized spacial score (nSPS) is 10.6. The van der Waals surface area contributed by atoms with E-state index in [2.05, 4.69) is 43.1 Å². The average molecular weight is 220 g/mol. The van der Waals surface area contributed by atoms with E-state index in [0.29, 0.717) is 0 Å². The second-order valence-corrected chi connectivity index (χ2v) is 4.74. The molecule has 1 nitrogen and oxygen atoms in total. The smallest absolute Gasteiger partial charge is 0.168 e. The maximum absolute atomic E-state index is 2.27. The van der Waals surface area contributed by atoms with Crippen molar-refractivity contribution in [2.24, 2.45) is 7.05 Å². The predicted molar refractivity (Wildman–Crippen MR) is 69.3 cm³/mol. The van der Waals surface area contributed by atoms with Crippen molar-refractivity contribution in [2.75, 3.05) is 0 Å². The van der Waals surface area contributed by atoms with E-state index in [-0.39, 0.29) is 0 Å². The van der Waals surface area contributed by atoms with Gasteiger partial charge < -0.3 is 0 Å². The lowest BCUT2D eigenvalue weighted by atomic mass is 10.1. The second-order valence-electron chi connectivity index (χ2n) is 4.74. The van der Waals surface area contributed by atoms with Crippen molar-refractivity contribution < 1.29 is 4.57 Å². The molecular formula is C15H26N+. The van der Waals surface area contributed by atoms with Gasteiger partial charge in [-0.1, -0.05) is 45.4 Å². The van der Waals surface area contributed by atoms with Crippen molar-refractivity contribution in [1.29, 1.82) is 0 Å². The number of nitrogens with zero attached hydrogens (tertiary/aromatic N) is 1. The van der Waals surface area contributed by atoms with Crippen LogP contribution >= 0.6 is 0 Å². The quantitative estimate of drug-likeness (QED) is 0.463. The summed E-state index contributed by atoms with van der Waals surface area (Å²) in [6.45, 7) is 2.27. The van der Waals surface area contributed by atoms with Gasteiger partial charge in [0, 0.05) is 12.1 Å². The highest BCUT2D eigenvalue weighted by atomic mass is 14.9. The van der Waals surface area contributed by atoms with Crippen LogP contribution in [0.15, 0.2) is 24.5 Å². The number of aromatic nitrogens is 1. The average Bonchev–Trinajstić information content (AvgIpc) is 2.30. The largest absolute Gasteiger partial charge is 0.208 e. The third-order valence-corrected chi connectivity index (χ3v) is 3.12. The lowest BCUT2D eigenvalue weighted by molar-refractivity contribution is -0.671. The zero-order valence-corrected chi connectivity index (χ0v) is 10.9. The third kappa shape index (κ3) is 5.89. The minimum atomic E-state index is 1.24. The Bertz CT molecular complexity index is 263. The van der Waals surface area contributed by atoms with Gasteiger partial charge in [0.25, 0.3) is 0 Å². The molecule has 0 bridgehead atoms. The van der Waals surface area contributed by atoms with Crippen LogP contribution in [0.1, 0.15) is 57.4 Å². The molecule has 16 heavy (non-hydrogen) atoms. The summed E-state index contributed by atoms with van der Waals surface area (Å²) in [5, 5.41) is 0. The molecule has 90 valence electrons. The molecule has 0 saturated carbocycles. The Morgan fingerprint density at radius 3 is 2.06 bits per heavy atom. The summed E-state index contributed by atoms with van der Waals surface area (Å²) in [6.07, 6.45) is 15.3. The molecule has 0 radical (unpaired) electrons. The maximum Gasteiger partial charge on any atom is 0.168 e. The van der Waals surface area contributed by atoms with Crippen LogP contribution in [0.3, 0.4) is 0 Å². The van der Waals surface area contributed by atoms with Gasteiger partial charge in [-0.2, -0.15) is 0 Å². The van der Waals surface area contributed by atoms with Crippen molar-refractivity contribution >= 4 is 0 Å². The number of rotatable bonds is 8. The first-order valence-electron chi connectivity index (χ1n) is 6.77. The summed E-state index contributed by atoms with van der Waals surface area (Å²) >= 11 is 0. The lowest BCUT2D eigenvalue weighted by Crippen LogP contribution is -2.25. The van der Waals surface area contributed by atoms with Crippen LogP contribution in [0, 0.1) is 0 Å². The van der Waals surface area contributed by atoms with Crippen molar-refractivity contribution in [1.82, 2.24) is 0 Å². The number of aryl methyl sites for hydroxylation is 2. The van der Waals surface area contributed by atoms with Crippen molar-refractivity contribution in [2.45, 2.75) is 58.3 Å². The highest BCUT2D eigenvalue weighted by Gasteiger charge is 1.96. The summed E-state index contributed by atoms with van der Waals surface area (Å²) in [7, 11) is 2.07. The van der Waals surface area contributed by atoms with Crippen molar-refractivity contribution in [3.05, 3.63) is 30.1 Å². The highest BCUT2D eigenvalue weighted by molar-refractivity contribution is 5.06. The molecule has 1 aromatic heterocycles. The first kappa shape index (κ1) is 13.2. The van der Waals surface area contributed by atoms with Gasteiger partial charge in [0.15, 0.2) is 12.4 Å². The number of hydrogen-bond acceptors (Lipinski definition) is 0. The van der Waals surface area contributed by atoms with E-state index in [0.717, 1.165) is 0 Å². The molecule has 0 aliphatic heterocycles. The van der Waals surface area contributed by atoms with Crippen LogP contribution in [-0.4, -0.2) is 0 Å². The molecule has 1 aromatic rings. The van der Waals surface area contributed by atoms with E-state index in [1.54, 1.807) is 0 Å². The zero-order chi connectivity index (χ0) is 11.6. The standard InChI is InChI=1S/C15H26N/c1-3-4-5-6-7-8-9-10-15-11-13-16(2)14-12-15/h11-14H,3-10H2,1-2H3/q+1. The van der Waals surface area contributed by atoms with Crippen LogP contribution in [0.2, 0.25) is 0 Å². The Kier molecular flexibility index (Phi) is 6.87. The van der Waals surface area contributed by atoms with E-state index in [9.17, 15) is 0 Å². The van der Waals surface area contributed by atoms with Gasteiger partial charge in [-0.3, -0.25) is 0 Å². The maximum atomic E-state index is 2.27. The monoisotopic (exact) mass is 220 g/mol. The molecule has 1 heterocycles. The minimum absolute atomic E-state index is 1.24. The molecule has 0 saturated heterocycles. The third-order valence-electron chi connectivity index (χ3n) is 3.12. The van der Waals surface area contributed by atoms with Crippen LogP contribution < -0.4 is 4.57 Å². The van der Waals surface area contributed by atoms with Gasteiger partial charge in [-0.15, -0.1) is 0 Å². The SMILES string of the molecule is CCCCCCCCCc1cc[n+](C)cc1. The number of hydrogen-bond donors (Lipinski definition) is 0. The summed E-state index contributed by atoms with van der Waals surface area (Å²) in [5.74, 6) is 0. The zero-order valence-electron chi connectivity index (χ0n) is 10.9. The fraction of sp³-hybridized carbons (Fsp3) is 0.667. The van der Waals surface area contributed by atoms with Crippen LogP contribution in [0.5, 0.6) is 0 Å². The Balaban J connectivity index is 2.01. The predicted octanol–water partition coefficient (Wildman–Crippen LogP) is 3.80. The van der Waals surface area contributed by atoms with Gasteiger partial charge in [0.2, 0.25) is 0 Å². The first-order valence-corrected chi connectivity index (χ1v) is 6.77. The minimum Gasteiger partial charge on any atom is -0.208 e. The van der Waals surface area contributed by atoms with E-state index in [1.165, 1.54) is 56.9 Å². The molecule has 1 rings (SSSR count). The molecule has 0 N–H and O–H groups in total. The number of unbranched alkanes of at least 4 members (excludes halogenated alkanes) is 6. The van der Waals surface area contributed by atoms with Gasteiger partial charge >= 0.3 is 0 Å². The van der Waals surface area contributed by atoms with Gasteiger partial charge in [-0.05, 0) is 18.4 Å². The highest BCUT2D eigenvalue weighted by Crippen LogP contribution is 2.09. The van der Waals surface area contributed by atoms with Crippen molar-refractivity contribution in [3.63, 3.8) is 0 Å². The Hall–Kier alpha value is -0.850. The molecule has 0 amide bonds. The van der Waals surface area contributed by atoms with Crippen LogP contribution in [-0.2, 0) is 13.5 Å². The lowest BCUT2D eigenvalue weighted by Gasteiger charge is -2.01. The summed E-state index contributed by atoms with van der Waals surface area (Å²) in [6, 6.07) is 4.47. The van der Waals surface area contributed by atoms with E-state index in [4.69, 9.17) is 0 Å². The molecule has 0 unspecified atom stereocenters. The fourth-order valence-corrected chi connectivity index (χ4v) is 1.98. The topological polar surface area (TPSA) is 3.88 Å². The summed E-state index contributed by atoms with van der Waals surface area (Å²) in [5.41, 5.74) is 1.48. The molecule has 0 aliphatic rings. The van der Waals surface area contributed by atoms with E-state index < -0.39 is 0 Å². The molecule has 0 atom stereocenters. The summed E-state index contributed by atoms with van der Waals surface area (Å²) in [4.78, 5) is 0. The summed E-state index contributed by atoms with van der Waals surface area (Å²) < 4.78 is 2.09. The molecular weight excluding hydrogens is 194 g/mol. The van der Waals surface area contributed by atoms with Crippen LogP contribution in [0.25, 0.3) is 0 Å². The Labute approximate surface area is 101 Å². The van der Waals surface area contributed by atoms with Gasteiger partial charge in [0.05, 0.1) is 0 Å². The molecule has 0 aromatic carbocycles. The van der Waals surface area contributed by atoms with E-state index >= 15 is 0 Å². The van der Waals surface area contributed by atoms with Gasteiger partial charge in [0.1, 0.15) is 7.05 Å².